The van der Waals surface area contributed by atoms with Gasteiger partial charge >= 0.3 is 0 Å². The number of carbonyl (C=O) groups excluding carboxylic acids is 1. The van der Waals surface area contributed by atoms with Crippen molar-refractivity contribution in [2.75, 3.05) is 26.2 Å². The highest BCUT2D eigenvalue weighted by atomic mass is 35.5. The van der Waals surface area contributed by atoms with E-state index in [-0.39, 0.29) is 19.0 Å². The van der Waals surface area contributed by atoms with Gasteiger partial charge < -0.3 is 4.90 Å². The Morgan fingerprint density at radius 1 is 1.04 bits per heavy atom. The molecule has 0 bridgehead atoms. The van der Waals surface area contributed by atoms with Crippen molar-refractivity contribution in [3.63, 3.8) is 0 Å². The molecule has 0 aliphatic carbocycles. The second-order valence-corrected chi connectivity index (χ2v) is 9.06. The lowest BCUT2D eigenvalue weighted by Crippen LogP contribution is -2.50. The number of pyridine rings is 1. The summed E-state index contributed by atoms with van der Waals surface area (Å²) in [6.45, 7) is 6.80. The van der Waals surface area contributed by atoms with E-state index < -0.39 is 10.0 Å². The average molecular weight is 408 g/mol. The standard InChI is InChI=1S/C19H22ClN3O3S/c1-13-10-14(2)18(15(3)11-13)27(25,26)23-8-6-22(7-9-23)19(24)16-4-5-17(20)21-12-16/h4-5,10-12H,6-9H2,1-3H3. The molecule has 2 aromatic rings. The summed E-state index contributed by atoms with van der Waals surface area (Å²) in [4.78, 5) is 18.5. The third-order valence-electron chi connectivity index (χ3n) is 4.70. The molecule has 1 aromatic carbocycles. The van der Waals surface area contributed by atoms with Gasteiger partial charge in [0, 0.05) is 32.4 Å². The number of amides is 1. The van der Waals surface area contributed by atoms with Crippen LogP contribution in [0.1, 0.15) is 27.0 Å². The average Bonchev–Trinajstić information content (AvgIpc) is 2.61. The van der Waals surface area contributed by atoms with Crippen LogP contribution in [0.5, 0.6) is 0 Å². The van der Waals surface area contributed by atoms with E-state index in [0.717, 1.165) is 16.7 Å². The Morgan fingerprint density at radius 2 is 1.63 bits per heavy atom. The number of nitrogens with zero attached hydrogens (tertiary/aromatic N) is 3. The molecule has 1 saturated heterocycles. The molecule has 1 aliphatic heterocycles. The van der Waals surface area contributed by atoms with Gasteiger partial charge in [-0.05, 0) is 44.0 Å². The van der Waals surface area contributed by atoms with Crippen molar-refractivity contribution in [2.24, 2.45) is 0 Å². The van der Waals surface area contributed by atoms with Crippen LogP contribution in [0.25, 0.3) is 0 Å². The molecule has 8 heteroatoms. The van der Waals surface area contributed by atoms with E-state index in [1.165, 1.54) is 10.5 Å². The predicted octanol–water partition coefficient (Wildman–Crippen LogP) is 2.81. The maximum atomic E-state index is 13.1. The van der Waals surface area contributed by atoms with Gasteiger partial charge in [-0.3, -0.25) is 4.79 Å². The zero-order chi connectivity index (χ0) is 19.8. The van der Waals surface area contributed by atoms with E-state index in [1.807, 2.05) is 32.9 Å². The lowest BCUT2D eigenvalue weighted by molar-refractivity contribution is 0.0697. The number of piperazine rings is 1. The van der Waals surface area contributed by atoms with Gasteiger partial charge in [-0.2, -0.15) is 4.31 Å². The maximum Gasteiger partial charge on any atom is 0.255 e. The molecule has 0 atom stereocenters. The van der Waals surface area contributed by atoms with Gasteiger partial charge in [0.2, 0.25) is 10.0 Å². The molecule has 2 heterocycles. The van der Waals surface area contributed by atoms with E-state index in [4.69, 9.17) is 11.6 Å². The maximum absolute atomic E-state index is 13.1. The number of carbonyl (C=O) groups is 1. The van der Waals surface area contributed by atoms with E-state index >= 15 is 0 Å². The number of hydrogen-bond acceptors (Lipinski definition) is 4. The SMILES string of the molecule is Cc1cc(C)c(S(=O)(=O)N2CCN(C(=O)c3ccc(Cl)nc3)CC2)c(C)c1. The molecule has 1 aliphatic rings. The Morgan fingerprint density at radius 3 is 2.15 bits per heavy atom. The summed E-state index contributed by atoms with van der Waals surface area (Å²) < 4.78 is 27.7. The van der Waals surface area contributed by atoms with E-state index in [9.17, 15) is 13.2 Å². The number of halogens is 1. The first kappa shape index (κ1) is 19.8. The zero-order valence-electron chi connectivity index (χ0n) is 15.6. The fourth-order valence-electron chi connectivity index (χ4n) is 3.52. The van der Waals surface area contributed by atoms with E-state index in [0.29, 0.717) is 28.7 Å². The zero-order valence-corrected chi connectivity index (χ0v) is 17.1. The Balaban J connectivity index is 1.75. The van der Waals surface area contributed by atoms with Crippen LogP contribution in [0.2, 0.25) is 5.15 Å². The summed E-state index contributed by atoms with van der Waals surface area (Å²) in [5.74, 6) is -0.168. The Bertz CT molecular complexity index is 943. The molecular formula is C19H22ClN3O3S. The van der Waals surface area contributed by atoms with Crippen LogP contribution >= 0.6 is 11.6 Å². The molecule has 3 rings (SSSR count). The molecule has 6 nitrogen and oxygen atoms in total. The molecule has 144 valence electrons. The molecule has 1 aromatic heterocycles. The minimum absolute atomic E-state index is 0.168. The van der Waals surface area contributed by atoms with Crippen LogP contribution in [0.15, 0.2) is 35.4 Å². The molecular weight excluding hydrogens is 386 g/mol. The number of aromatic nitrogens is 1. The first-order valence-corrected chi connectivity index (χ1v) is 10.5. The van der Waals surface area contributed by atoms with E-state index in [2.05, 4.69) is 4.98 Å². The van der Waals surface area contributed by atoms with Crippen LogP contribution in [0, 0.1) is 20.8 Å². The van der Waals surface area contributed by atoms with Gasteiger partial charge in [0.15, 0.2) is 0 Å². The summed E-state index contributed by atoms with van der Waals surface area (Å²) >= 11 is 5.76. The second-order valence-electron chi connectivity index (χ2n) is 6.79. The first-order chi connectivity index (χ1) is 12.7. The van der Waals surface area contributed by atoms with Crippen LogP contribution < -0.4 is 0 Å². The molecule has 0 saturated carbocycles. The fraction of sp³-hybridized carbons (Fsp3) is 0.368. The van der Waals surface area contributed by atoms with Crippen molar-refractivity contribution in [2.45, 2.75) is 25.7 Å². The van der Waals surface area contributed by atoms with Crippen molar-refractivity contribution < 1.29 is 13.2 Å². The Kier molecular flexibility index (Phi) is 5.55. The molecule has 0 N–H and O–H groups in total. The number of sulfonamides is 1. The third kappa shape index (κ3) is 4.00. The highest BCUT2D eigenvalue weighted by Gasteiger charge is 2.32. The largest absolute Gasteiger partial charge is 0.336 e. The number of aryl methyl sites for hydroxylation is 3. The number of rotatable bonds is 3. The van der Waals surface area contributed by atoms with Gasteiger partial charge in [-0.15, -0.1) is 0 Å². The van der Waals surface area contributed by atoms with Crippen LogP contribution in [0.4, 0.5) is 0 Å². The van der Waals surface area contributed by atoms with E-state index in [1.54, 1.807) is 17.0 Å². The lowest BCUT2D eigenvalue weighted by atomic mass is 10.1. The first-order valence-electron chi connectivity index (χ1n) is 8.69. The van der Waals surface area contributed by atoms with Crippen molar-refractivity contribution in [3.8, 4) is 0 Å². The Labute approximate surface area is 164 Å². The Hall–Kier alpha value is -1.96. The van der Waals surface area contributed by atoms with Crippen molar-refractivity contribution >= 4 is 27.5 Å². The molecule has 27 heavy (non-hydrogen) atoms. The van der Waals surface area contributed by atoms with Gasteiger partial charge in [0.1, 0.15) is 5.15 Å². The minimum atomic E-state index is -3.59. The molecule has 0 radical (unpaired) electrons. The van der Waals surface area contributed by atoms with Crippen molar-refractivity contribution in [1.29, 1.82) is 0 Å². The summed E-state index contributed by atoms with van der Waals surface area (Å²) in [5.41, 5.74) is 2.98. The highest BCUT2D eigenvalue weighted by Crippen LogP contribution is 2.26. The normalized spacial score (nSPS) is 15.8. The van der Waals surface area contributed by atoms with Crippen molar-refractivity contribution in [3.05, 3.63) is 57.9 Å². The third-order valence-corrected chi connectivity index (χ3v) is 7.13. The van der Waals surface area contributed by atoms with Gasteiger partial charge in [0.05, 0.1) is 10.5 Å². The molecule has 1 fully saturated rings. The summed E-state index contributed by atoms with van der Waals surface area (Å²) in [7, 11) is -3.59. The molecule has 1 amide bonds. The van der Waals surface area contributed by atoms with Crippen LogP contribution in [-0.2, 0) is 10.0 Å². The van der Waals surface area contributed by atoms with Gasteiger partial charge in [0.25, 0.3) is 5.91 Å². The van der Waals surface area contributed by atoms with Gasteiger partial charge in [-0.1, -0.05) is 29.3 Å². The molecule has 0 unspecified atom stereocenters. The van der Waals surface area contributed by atoms with Gasteiger partial charge in [-0.25, -0.2) is 13.4 Å². The van der Waals surface area contributed by atoms with Crippen molar-refractivity contribution in [1.82, 2.24) is 14.2 Å². The quantitative estimate of drug-likeness (QED) is 0.733. The lowest BCUT2D eigenvalue weighted by Gasteiger charge is -2.34. The number of benzene rings is 1. The second kappa shape index (κ2) is 7.58. The topological polar surface area (TPSA) is 70.6 Å². The minimum Gasteiger partial charge on any atom is -0.336 e. The van der Waals surface area contributed by atoms with Crippen LogP contribution in [0.3, 0.4) is 0 Å². The predicted molar refractivity (Wildman–Crippen MR) is 105 cm³/mol. The highest BCUT2D eigenvalue weighted by molar-refractivity contribution is 7.89. The number of hydrogen-bond donors (Lipinski definition) is 0. The smallest absolute Gasteiger partial charge is 0.255 e. The monoisotopic (exact) mass is 407 g/mol. The van der Waals surface area contributed by atoms with Crippen LogP contribution in [-0.4, -0.2) is 54.7 Å². The summed E-state index contributed by atoms with van der Waals surface area (Å²) in [6.07, 6.45) is 1.44. The summed E-state index contributed by atoms with van der Waals surface area (Å²) in [5, 5.41) is 0.325. The molecule has 0 spiro atoms. The summed E-state index contributed by atoms with van der Waals surface area (Å²) in [6, 6.07) is 6.96. The fourth-order valence-corrected chi connectivity index (χ4v) is 5.46.